The molecule has 0 unspecified atom stereocenters. The van der Waals surface area contributed by atoms with Crippen LogP contribution in [-0.4, -0.2) is 42.6 Å². The smallest absolute Gasteiger partial charge is 0.242 e. The predicted octanol–water partition coefficient (Wildman–Crippen LogP) is 0.361. The zero-order chi connectivity index (χ0) is 10.8. The molecule has 4 nitrogen and oxygen atoms in total. The lowest BCUT2D eigenvalue weighted by Crippen LogP contribution is -2.58. The first kappa shape index (κ1) is 11.5. The average molecular weight is 200 g/mol. The van der Waals surface area contributed by atoms with E-state index in [0.717, 1.165) is 0 Å². The first-order valence-electron chi connectivity index (χ1n) is 5.11. The fourth-order valence-corrected chi connectivity index (χ4v) is 1.54. The van der Waals surface area contributed by atoms with E-state index in [0.29, 0.717) is 26.1 Å². The molecule has 0 saturated carbocycles. The minimum absolute atomic E-state index is 0.0378. The van der Waals surface area contributed by atoms with Crippen molar-refractivity contribution < 1.29 is 9.53 Å². The third-order valence-electron chi connectivity index (χ3n) is 2.91. The number of amides is 1. The van der Waals surface area contributed by atoms with Gasteiger partial charge in [0.25, 0.3) is 0 Å². The van der Waals surface area contributed by atoms with Crippen LogP contribution in [0.15, 0.2) is 0 Å². The fourth-order valence-electron chi connectivity index (χ4n) is 1.54. The van der Waals surface area contributed by atoms with Crippen LogP contribution >= 0.6 is 0 Å². The highest BCUT2D eigenvalue weighted by molar-refractivity contribution is 5.86. The summed E-state index contributed by atoms with van der Waals surface area (Å²) in [6.45, 7) is 5.16. The first-order chi connectivity index (χ1) is 6.47. The van der Waals surface area contributed by atoms with Crippen LogP contribution in [0.1, 0.15) is 26.7 Å². The molecule has 1 aliphatic heterocycles. The summed E-state index contributed by atoms with van der Waals surface area (Å²) < 4.78 is 5.20. The molecule has 1 rings (SSSR count). The molecule has 14 heavy (non-hydrogen) atoms. The number of hydrogen-bond donors (Lipinski definition) is 1. The summed E-state index contributed by atoms with van der Waals surface area (Å²) in [5, 5.41) is 0. The number of hydrogen-bond acceptors (Lipinski definition) is 3. The first-order valence-corrected chi connectivity index (χ1v) is 5.11. The third-order valence-corrected chi connectivity index (χ3v) is 2.91. The minimum Gasteiger partial charge on any atom is -0.381 e. The van der Waals surface area contributed by atoms with Crippen LogP contribution in [0.5, 0.6) is 0 Å². The zero-order valence-electron chi connectivity index (χ0n) is 9.25. The van der Waals surface area contributed by atoms with Crippen LogP contribution in [0.3, 0.4) is 0 Å². The van der Waals surface area contributed by atoms with Crippen molar-refractivity contribution in [1.29, 1.82) is 0 Å². The number of nitrogens with zero attached hydrogens (tertiary/aromatic N) is 1. The van der Waals surface area contributed by atoms with Crippen molar-refractivity contribution in [2.45, 2.75) is 38.3 Å². The van der Waals surface area contributed by atoms with Crippen molar-refractivity contribution in [2.75, 3.05) is 20.3 Å². The monoisotopic (exact) mass is 200 g/mol. The Labute approximate surface area is 85.4 Å². The molecular weight excluding hydrogens is 180 g/mol. The van der Waals surface area contributed by atoms with Crippen molar-refractivity contribution in [1.82, 2.24) is 4.90 Å². The Bertz CT molecular complexity index is 210. The maximum Gasteiger partial charge on any atom is 0.242 e. The standard InChI is InChI=1S/C10H20N2O2/c1-8(2)12(3)9(13)10(11)4-6-14-7-5-10/h8H,4-7,11H2,1-3H3. The summed E-state index contributed by atoms with van der Waals surface area (Å²) in [5.41, 5.74) is 5.37. The van der Waals surface area contributed by atoms with Gasteiger partial charge in [-0.1, -0.05) is 0 Å². The molecular formula is C10H20N2O2. The van der Waals surface area contributed by atoms with Gasteiger partial charge in [-0.2, -0.15) is 0 Å². The van der Waals surface area contributed by atoms with Crippen LogP contribution in [0, 0.1) is 0 Å². The molecule has 1 amide bonds. The van der Waals surface area contributed by atoms with E-state index in [4.69, 9.17) is 10.5 Å². The molecule has 1 saturated heterocycles. The average Bonchev–Trinajstić information content (AvgIpc) is 2.16. The number of nitrogens with two attached hydrogens (primary N) is 1. The Morgan fingerprint density at radius 1 is 1.43 bits per heavy atom. The number of rotatable bonds is 2. The lowest BCUT2D eigenvalue weighted by atomic mass is 9.89. The molecule has 0 spiro atoms. The highest BCUT2D eigenvalue weighted by atomic mass is 16.5. The summed E-state index contributed by atoms with van der Waals surface area (Å²) in [6.07, 6.45) is 1.26. The molecule has 0 radical (unpaired) electrons. The van der Waals surface area contributed by atoms with Crippen LogP contribution < -0.4 is 5.73 Å². The van der Waals surface area contributed by atoms with Crippen molar-refractivity contribution in [3.63, 3.8) is 0 Å². The molecule has 0 bridgehead atoms. The number of carbonyl (C=O) groups is 1. The van der Waals surface area contributed by atoms with Gasteiger partial charge >= 0.3 is 0 Å². The molecule has 1 heterocycles. The van der Waals surface area contributed by atoms with E-state index in [2.05, 4.69) is 0 Å². The minimum atomic E-state index is -0.697. The van der Waals surface area contributed by atoms with Gasteiger partial charge in [0.15, 0.2) is 0 Å². The molecule has 1 fully saturated rings. The number of carbonyl (C=O) groups excluding carboxylic acids is 1. The second-order valence-corrected chi connectivity index (χ2v) is 4.28. The van der Waals surface area contributed by atoms with Gasteiger partial charge in [0.1, 0.15) is 0 Å². The molecule has 1 aliphatic rings. The summed E-state index contributed by atoms with van der Waals surface area (Å²) >= 11 is 0. The molecule has 0 aliphatic carbocycles. The summed E-state index contributed by atoms with van der Waals surface area (Å²) in [5.74, 6) is 0.0378. The van der Waals surface area contributed by atoms with Gasteiger partial charge in [-0.05, 0) is 26.7 Å². The predicted molar refractivity (Wildman–Crippen MR) is 54.9 cm³/mol. The molecule has 0 atom stereocenters. The maximum atomic E-state index is 12.0. The normalized spacial score (nSPS) is 20.9. The molecule has 4 heteroatoms. The second kappa shape index (κ2) is 4.28. The molecule has 0 aromatic heterocycles. The van der Waals surface area contributed by atoms with Gasteiger partial charge in [-0.3, -0.25) is 4.79 Å². The van der Waals surface area contributed by atoms with Crippen molar-refractivity contribution in [2.24, 2.45) is 5.73 Å². The van der Waals surface area contributed by atoms with Gasteiger partial charge in [0, 0.05) is 26.3 Å². The van der Waals surface area contributed by atoms with Gasteiger partial charge in [-0.25, -0.2) is 0 Å². The van der Waals surface area contributed by atoms with Crippen LogP contribution in [0.25, 0.3) is 0 Å². The Balaban J connectivity index is 2.66. The molecule has 2 N–H and O–H groups in total. The summed E-state index contributed by atoms with van der Waals surface area (Å²) in [7, 11) is 1.80. The van der Waals surface area contributed by atoms with Gasteiger partial charge in [0.2, 0.25) is 5.91 Å². The molecule has 82 valence electrons. The highest BCUT2D eigenvalue weighted by Crippen LogP contribution is 2.20. The Hall–Kier alpha value is -0.610. The van der Waals surface area contributed by atoms with Crippen LogP contribution in [0.4, 0.5) is 0 Å². The van der Waals surface area contributed by atoms with E-state index in [1.807, 2.05) is 13.8 Å². The van der Waals surface area contributed by atoms with E-state index in [1.54, 1.807) is 11.9 Å². The van der Waals surface area contributed by atoms with Gasteiger partial charge in [-0.15, -0.1) is 0 Å². The van der Waals surface area contributed by atoms with E-state index in [9.17, 15) is 4.79 Å². The van der Waals surface area contributed by atoms with E-state index in [1.165, 1.54) is 0 Å². The van der Waals surface area contributed by atoms with E-state index in [-0.39, 0.29) is 11.9 Å². The lowest BCUT2D eigenvalue weighted by molar-refractivity contribution is -0.140. The van der Waals surface area contributed by atoms with Gasteiger partial charge < -0.3 is 15.4 Å². The highest BCUT2D eigenvalue weighted by Gasteiger charge is 2.38. The fraction of sp³-hybridized carbons (Fsp3) is 0.900. The maximum absolute atomic E-state index is 12.0. The lowest BCUT2D eigenvalue weighted by Gasteiger charge is -2.36. The summed E-state index contributed by atoms with van der Waals surface area (Å²) in [6, 6.07) is 0.200. The largest absolute Gasteiger partial charge is 0.381 e. The molecule has 0 aromatic rings. The van der Waals surface area contributed by atoms with Crippen LogP contribution in [-0.2, 0) is 9.53 Å². The zero-order valence-corrected chi connectivity index (χ0v) is 9.25. The Morgan fingerprint density at radius 3 is 2.36 bits per heavy atom. The summed E-state index contributed by atoms with van der Waals surface area (Å²) in [4.78, 5) is 13.7. The quantitative estimate of drug-likeness (QED) is 0.700. The van der Waals surface area contributed by atoms with E-state index < -0.39 is 5.54 Å². The van der Waals surface area contributed by atoms with Crippen molar-refractivity contribution >= 4 is 5.91 Å². The van der Waals surface area contributed by atoms with E-state index >= 15 is 0 Å². The topological polar surface area (TPSA) is 55.6 Å². The van der Waals surface area contributed by atoms with Crippen molar-refractivity contribution in [3.05, 3.63) is 0 Å². The third kappa shape index (κ3) is 2.25. The van der Waals surface area contributed by atoms with Gasteiger partial charge in [0.05, 0.1) is 5.54 Å². The van der Waals surface area contributed by atoms with Crippen molar-refractivity contribution in [3.8, 4) is 0 Å². The number of likely N-dealkylation sites (N-methyl/N-ethyl adjacent to an activating group) is 1. The second-order valence-electron chi connectivity index (χ2n) is 4.28. The number of ether oxygens (including phenoxy) is 1. The Kier molecular flexibility index (Phi) is 3.50. The molecule has 0 aromatic carbocycles. The SMILES string of the molecule is CC(C)N(C)C(=O)C1(N)CCOCC1. The Morgan fingerprint density at radius 2 is 1.93 bits per heavy atom. The van der Waals surface area contributed by atoms with Crippen LogP contribution in [0.2, 0.25) is 0 Å².